The summed E-state index contributed by atoms with van der Waals surface area (Å²) in [6, 6.07) is 7.26. The lowest BCUT2D eigenvalue weighted by molar-refractivity contribution is 0.0769. The van der Waals surface area contributed by atoms with E-state index in [-0.39, 0.29) is 24.0 Å². The third-order valence-corrected chi connectivity index (χ3v) is 4.98. The highest BCUT2D eigenvalue weighted by Crippen LogP contribution is 2.18. The maximum absolute atomic E-state index is 12.4. The molecule has 1 fully saturated rings. The third kappa shape index (κ3) is 3.26. The highest BCUT2D eigenvalue weighted by Gasteiger charge is 2.24. The highest BCUT2D eigenvalue weighted by atomic mass is 32.2. The molecular weight excluding hydrogens is 264 g/mol. The number of amides is 1. The molecule has 1 aromatic carbocycles. The fourth-order valence-corrected chi connectivity index (χ4v) is 3.47. The van der Waals surface area contributed by atoms with Gasteiger partial charge in [-0.3, -0.25) is 4.79 Å². The van der Waals surface area contributed by atoms with Crippen molar-refractivity contribution in [3.05, 3.63) is 29.8 Å². The number of carbonyl (C=O) groups excluding carboxylic acids is 1. The first-order valence-electron chi connectivity index (χ1n) is 6.30. The van der Waals surface area contributed by atoms with Crippen molar-refractivity contribution in [2.24, 2.45) is 0 Å². The third-order valence-electron chi connectivity index (χ3n) is 3.27. The van der Waals surface area contributed by atoms with E-state index in [0.717, 1.165) is 5.69 Å². The molecule has 104 valence electrons. The normalized spacial score (nSPS) is 18.7. The van der Waals surface area contributed by atoms with Crippen LogP contribution in [-0.4, -0.2) is 50.9 Å². The standard InChI is InChI=1S/C13H18N2O3S/c1-14-12-6-3-2-5-11(12)13(16)15-7-4-9-19(17,18)10-8-15/h2-3,5-6,14H,4,7-10H2,1H3. The Morgan fingerprint density at radius 2 is 1.95 bits per heavy atom. The average Bonchev–Trinajstić information content (AvgIpc) is 2.59. The van der Waals surface area contributed by atoms with E-state index in [2.05, 4.69) is 5.32 Å². The van der Waals surface area contributed by atoms with Crippen LogP contribution in [0.15, 0.2) is 24.3 Å². The monoisotopic (exact) mass is 282 g/mol. The lowest BCUT2D eigenvalue weighted by Gasteiger charge is -2.21. The summed E-state index contributed by atoms with van der Waals surface area (Å²) in [4.78, 5) is 14.1. The van der Waals surface area contributed by atoms with Gasteiger partial charge >= 0.3 is 0 Å². The molecule has 0 atom stereocenters. The average molecular weight is 282 g/mol. The minimum Gasteiger partial charge on any atom is -0.387 e. The maximum Gasteiger partial charge on any atom is 0.255 e. The Labute approximate surface area is 113 Å². The van der Waals surface area contributed by atoms with Gasteiger partial charge in [0.05, 0.1) is 17.1 Å². The van der Waals surface area contributed by atoms with Gasteiger partial charge in [-0.15, -0.1) is 0 Å². The summed E-state index contributed by atoms with van der Waals surface area (Å²) >= 11 is 0. The van der Waals surface area contributed by atoms with Gasteiger partial charge < -0.3 is 10.2 Å². The molecule has 1 N–H and O–H groups in total. The topological polar surface area (TPSA) is 66.5 Å². The van der Waals surface area contributed by atoms with Crippen molar-refractivity contribution in [3.8, 4) is 0 Å². The molecule has 6 heteroatoms. The fraction of sp³-hybridized carbons (Fsp3) is 0.462. The molecule has 2 rings (SSSR count). The number of rotatable bonds is 2. The van der Waals surface area contributed by atoms with Crippen molar-refractivity contribution < 1.29 is 13.2 Å². The van der Waals surface area contributed by atoms with E-state index in [1.807, 2.05) is 18.2 Å². The van der Waals surface area contributed by atoms with Gasteiger partial charge in [0.1, 0.15) is 0 Å². The first-order chi connectivity index (χ1) is 9.03. The zero-order valence-electron chi connectivity index (χ0n) is 10.9. The van der Waals surface area contributed by atoms with Gasteiger partial charge in [0.2, 0.25) is 0 Å². The van der Waals surface area contributed by atoms with Crippen LogP contribution in [0.3, 0.4) is 0 Å². The van der Waals surface area contributed by atoms with Crippen LogP contribution in [0.4, 0.5) is 5.69 Å². The van der Waals surface area contributed by atoms with Crippen LogP contribution in [0.2, 0.25) is 0 Å². The van der Waals surface area contributed by atoms with Crippen LogP contribution >= 0.6 is 0 Å². The largest absolute Gasteiger partial charge is 0.387 e. The van der Waals surface area contributed by atoms with Crippen LogP contribution in [-0.2, 0) is 9.84 Å². The summed E-state index contributed by atoms with van der Waals surface area (Å²) in [5, 5.41) is 2.98. The number of hydrogen-bond donors (Lipinski definition) is 1. The lowest BCUT2D eigenvalue weighted by Crippen LogP contribution is -2.34. The molecule has 0 unspecified atom stereocenters. The smallest absolute Gasteiger partial charge is 0.255 e. The lowest BCUT2D eigenvalue weighted by atomic mass is 10.1. The Hall–Kier alpha value is -1.56. The summed E-state index contributed by atoms with van der Waals surface area (Å²) < 4.78 is 23.1. The maximum atomic E-state index is 12.4. The molecular formula is C13H18N2O3S. The second kappa shape index (κ2) is 5.61. The number of sulfone groups is 1. The van der Waals surface area contributed by atoms with E-state index in [1.54, 1.807) is 18.0 Å². The number of benzene rings is 1. The molecule has 0 aliphatic carbocycles. The first-order valence-corrected chi connectivity index (χ1v) is 8.12. The number of para-hydroxylation sites is 1. The second-order valence-corrected chi connectivity index (χ2v) is 6.90. The Kier molecular flexibility index (Phi) is 4.09. The number of anilines is 1. The summed E-state index contributed by atoms with van der Waals surface area (Å²) in [5.41, 5.74) is 1.35. The molecule has 0 bridgehead atoms. The van der Waals surface area contributed by atoms with E-state index in [9.17, 15) is 13.2 Å². The molecule has 1 aliphatic heterocycles. The predicted molar refractivity (Wildman–Crippen MR) is 75.2 cm³/mol. The van der Waals surface area contributed by atoms with Crippen molar-refractivity contribution in [1.82, 2.24) is 4.90 Å². The van der Waals surface area contributed by atoms with Gasteiger partial charge in [0.15, 0.2) is 9.84 Å². The van der Waals surface area contributed by atoms with E-state index >= 15 is 0 Å². The zero-order chi connectivity index (χ0) is 13.9. The molecule has 0 aromatic heterocycles. The first kappa shape index (κ1) is 13.9. The Morgan fingerprint density at radius 3 is 2.68 bits per heavy atom. The van der Waals surface area contributed by atoms with Crippen LogP contribution in [0.5, 0.6) is 0 Å². The minimum atomic E-state index is -2.99. The number of nitrogens with zero attached hydrogens (tertiary/aromatic N) is 1. The highest BCUT2D eigenvalue weighted by molar-refractivity contribution is 7.91. The number of nitrogens with one attached hydrogen (secondary N) is 1. The summed E-state index contributed by atoms with van der Waals surface area (Å²) in [6.45, 7) is 0.773. The van der Waals surface area contributed by atoms with Gasteiger partial charge in [-0.25, -0.2) is 8.42 Å². The molecule has 1 aromatic rings. The van der Waals surface area contributed by atoms with Crippen molar-refractivity contribution >= 4 is 21.4 Å². The van der Waals surface area contributed by atoms with Crippen molar-refractivity contribution in [3.63, 3.8) is 0 Å². The van der Waals surface area contributed by atoms with Crippen LogP contribution in [0.25, 0.3) is 0 Å². The second-order valence-electron chi connectivity index (χ2n) is 4.59. The van der Waals surface area contributed by atoms with Gasteiger partial charge in [-0.05, 0) is 18.6 Å². The molecule has 0 saturated carbocycles. The van der Waals surface area contributed by atoms with Crippen molar-refractivity contribution in [1.29, 1.82) is 0 Å². The van der Waals surface area contributed by atoms with Crippen LogP contribution in [0.1, 0.15) is 16.8 Å². The number of hydrogen-bond acceptors (Lipinski definition) is 4. The molecule has 5 nitrogen and oxygen atoms in total. The van der Waals surface area contributed by atoms with Crippen LogP contribution < -0.4 is 5.32 Å². The van der Waals surface area contributed by atoms with Gasteiger partial charge in [-0.2, -0.15) is 0 Å². The Balaban J connectivity index is 2.20. The van der Waals surface area contributed by atoms with E-state index in [0.29, 0.717) is 18.5 Å². The van der Waals surface area contributed by atoms with Gasteiger partial charge in [0.25, 0.3) is 5.91 Å². The molecule has 1 aliphatic rings. The predicted octanol–water partition coefficient (Wildman–Crippen LogP) is 0.989. The summed E-state index contributed by atoms with van der Waals surface area (Å²) in [5.74, 6) is 0.118. The van der Waals surface area contributed by atoms with Crippen LogP contribution in [0, 0.1) is 0 Å². The van der Waals surface area contributed by atoms with E-state index in [1.165, 1.54) is 0 Å². The molecule has 0 radical (unpaired) electrons. The molecule has 0 spiro atoms. The Morgan fingerprint density at radius 1 is 1.21 bits per heavy atom. The molecule has 1 heterocycles. The Bertz CT molecular complexity index is 569. The zero-order valence-corrected chi connectivity index (χ0v) is 11.7. The van der Waals surface area contributed by atoms with Crippen molar-refractivity contribution in [2.75, 3.05) is 37.0 Å². The van der Waals surface area contributed by atoms with E-state index in [4.69, 9.17) is 0 Å². The van der Waals surface area contributed by atoms with E-state index < -0.39 is 9.84 Å². The summed E-state index contributed by atoms with van der Waals surface area (Å²) in [6.07, 6.45) is 0.510. The van der Waals surface area contributed by atoms with Gasteiger partial charge in [-0.1, -0.05) is 12.1 Å². The van der Waals surface area contributed by atoms with Crippen molar-refractivity contribution in [2.45, 2.75) is 6.42 Å². The molecule has 19 heavy (non-hydrogen) atoms. The fourth-order valence-electron chi connectivity index (χ4n) is 2.20. The summed E-state index contributed by atoms with van der Waals surface area (Å²) in [7, 11) is -1.23. The quantitative estimate of drug-likeness (QED) is 0.878. The minimum absolute atomic E-state index is 0.0560. The number of carbonyl (C=O) groups is 1. The molecule has 1 amide bonds. The SMILES string of the molecule is CNc1ccccc1C(=O)N1CCCS(=O)(=O)CC1. The molecule has 1 saturated heterocycles. The van der Waals surface area contributed by atoms with Gasteiger partial charge in [0, 0.05) is 25.8 Å².